The third-order valence-corrected chi connectivity index (χ3v) is 7.43. The van der Waals surface area contributed by atoms with Gasteiger partial charge in [0, 0.05) is 40.3 Å². The highest BCUT2D eigenvalue weighted by Crippen LogP contribution is 2.26. The summed E-state index contributed by atoms with van der Waals surface area (Å²) in [6.07, 6.45) is 1.01. The van der Waals surface area contributed by atoms with Crippen LogP contribution in [-0.2, 0) is 13.0 Å². The summed E-state index contributed by atoms with van der Waals surface area (Å²) in [5.74, 6) is -0.547. The van der Waals surface area contributed by atoms with Crippen LogP contribution in [0.5, 0.6) is 0 Å². The van der Waals surface area contributed by atoms with Crippen LogP contribution in [0, 0.1) is 0 Å². The van der Waals surface area contributed by atoms with Crippen LogP contribution in [-0.4, -0.2) is 63.6 Å². The van der Waals surface area contributed by atoms with Gasteiger partial charge in [0.2, 0.25) is 0 Å². The molecule has 3 heterocycles. The molecule has 32 heavy (non-hydrogen) atoms. The lowest BCUT2D eigenvalue weighted by molar-refractivity contribution is 0.0889. The zero-order valence-electron chi connectivity index (χ0n) is 17.5. The van der Waals surface area contributed by atoms with Gasteiger partial charge in [0.1, 0.15) is 5.69 Å². The van der Waals surface area contributed by atoms with E-state index in [4.69, 9.17) is 11.6 Å². The topological polar surface area (TPSA) is 110 Å². The van der Waals surface area contributed by atoms with Gasteiger partial charge in [0.25, 0.3) is 11.8 Å². The van der Waals surface area contributed by atoms with Crippen molar-refractivity contribution in [2.45, 2.75) is 44.0 Å². The van der Waals surface area contributed by atoms with Crippen LogP contribution in [0.1, 0.15) is 43.7 Å². The second-order valence-corrected chi connectivity index (χ2v) is 10.1. The van der Waals surface area contributed by atoms with Crippen molar-refractivity contribution < 1.29 is 14.7 Å². The summed E-state index contributed by atoms with van der Waals surface area (Å²) >= 11 is 7.45. The molecular formula is C22H24ClN5O3S. The van der Waals surface area contributed by atoms with E-state index in [2.05, 4.69) is 32.5 Å². The number of aromatic nitrogens is 2. The standard InChI is InChI=1S/C22H24ClN5O3S/c1-28-5-4-15-19(10-28)32-22(27-15)21(31)26-17-9-13(29)8-16(17)25-20(30)18-7-11-6-12(23)2-3-14(11)24-18/h2-3,6-7,13,16-17,24,29H,4-5,8-10H2,1H3,(H,25,30)(H,26,31)/t13?,16-,17-/m1/s1. The number of aromatic amines is 1. The highest BCUT2D eigenvalue weighted by molar-refractivity contribution is 7.13. The number of rotatable bonds is 4. The summed E-state index contributed by atoms with van der Waals surface area (Å²) in [4.78, 5) is 36.7. The molecule has 1 saturated carbocycles. The molecule has 1 aliphatic heterocycles. The van der Waals surface area contributed by atoms with Gasteiger partial charge in [-0.3, -0.25) is 9.59 Å². The van der Waals surface area contributed by atoms with Crippen LogP contribution >= 0.6 is 22.9 Å². The second-order valence-electron chi connectivity index (χ2n) is 8.58. The number of nitrogens with zero attached hydrogens (tertiary/aromatic N) is 2. The third kappa shape index (κ3) is 4.25. The van der Waals surface area contributed by atoms with E-state index in [0.717, 1.165) is 41.0 Å². The predicted molar refractivity (Wildman–Crippen MR) is 123 cm³/mol. The summed E-state index contributed by atoms with van der Waals surface area (Å²) in [7, 11) is 2.05. The van der Waals surface area contributed by atoms with E-state index < -0.39 is 6.10 Å². The van der Waals surface area contributed by atoms with Gasteiger partial charge < -0.3 is 25.6 Å². The quantitative estimate of drug-likeness (QED) is 0.465. The molecule has 0 bridgehead atoms. The van der Waals surface area contributed by atoms with Crippen molar-refractivity contribution in [1.29, 1.82) is 0 Å². The van der Waals surface area contributed by atoms with E-state index in [0.29, 0.717) is 28.6 Å². The molecule has 2 amide bonds. The van der Waals surface area contributed by atoms with Gasteiger partial charge in [-0.1, -0.05) is 11.6 Å². The van der Waals surface area contributed by atoms with Crippen LogP contribution < -0.4 is 10.6 Å². The molecule has 1 aliphatic carbocycles. The maximum atomic E-state index is 12.9. The van der Waals surface area contributed by atoms with Gasteiger partial charge >= 0.3 is 0 Å². The number of carbonyl (C=O) groups is 2. The molecule has 10 heteroatoms. The molecule has 0 saturated heterocycles. The lowest BCUT2D eigenvalue weighted by Crippen LogP contribution is -2.48. The molecule has 5 rings (SSSR count). The number of aliphatic hydroxyl groups excluding tert-OH is 1. The Morgan fingerprint density at radius 3 is 2.75 bits per heavy atom. The number of fused-ring (bicyclic) bond motifs is 2. The number of likely N-dealkylation sites (N-methyl/N-ethyl adjacent to an activating group) is 1. The number of H-pyrrole nitrogens is 1. The average molecular weight is 474 g/mol. The van der Waals surface area contributed by atoms with Gasteiger partial charge in [-0.2, -0.15) is 0 Å². The summed E-state index contributed by atoms with van der Waals surface area (Å²) in [6.45, 7) is 1.73. The Kier molecular flexibility index (Phi) is 5.66. The Hall–Kier alpha value is -2.46. The molecule has 0 radical (unpaired) electrons. The van der Waals surface area contributed by atoms with Crippen molar-refractivity contribution in [2.75, 3.05) is 13.6 Å². The fraction of sp³-hybridized carbons (Fsp3) is 0.409. The first kappa shape index (κ1) is 21.4. The lowest BCUT2D eigenvalue weighted by Gasteiger charge is -2.21. The van der Waals surface area contributed by atoms with Crippen LogP contribution in [0.25, 0.3) is 10.9 Å². The minimum absolute atomic E-state index is 0.259. The minimum atomic E-state index is -0.592. The second kappa shape index (κ2) is 8.47. The fourth-order valence-corrected chi connectivity index (χ4v) is 5.72. The smallest absolute Gasteiger partial charge is 0.280 e. The van der Waals surface area contributed by atoms with E-state index in [9.17, 15) is 14.7 Å². The van der Waals surface area contributed by atoms with Gasteiger partial charge in [0.05, 0.1) is 23.9 Å². The van der Waals surface area contributed by atoms with E-state index in [1.54, 1.807) is 18.2 Å². The fourth-order valence-electron chi connectivity index (χ4n) is 4.45. The highest BCUT2D eigenvalue weighted by Gasteiger charge is 2.36. The van der Waals surface area contributed by atoms with Gasteiger partial charge in [0.15, 0.2) is 5.01 Å². The number of nitrogens with one attached hydrogen (secondary N) is 3. The average Bonchev–Trinajstić information content (AvgIpc) is 3.44. The predicted octanol–water partition coefficient (Wildman–Crippen LogP) is 2.32. The molecule has 1 unspecified atom stereocenters. The zero-order chi connectivity index (χ0) is 22.4. The highest BCUT2D eigenvalue weighted by atomic mass is 35.5. The number of benzene rings is 1. The molecule has 4 N–H and O–H groups in total. The minimum Gasteiger partial charge on any atom is -0.393 e. The number of hydrogen-bond acceptors (Lipinski definition) is 6. The van der Waals surface area contributed by atoms with Gasteiger partial charge in [-0.15, -0.1) is 11.3 Å². The Morgan fingerprint density at radius 1 is 1.22 bits per heavy atom. The lowest BCUT2D eigenvalue weighted by atomic mass is 10.1. The van der Waals surface area contributed by atoms with Crippen molar-refractivity contribution in [2.24, 2.45) is 0 Å². The number of aliphatic hydroxyl groups is 1. The van der Waals surface area contributed by atoms with Gasteiger partial charge in [-0.25, -0.2) is 4.98 Å². The van der Waals surface area contributed by atoms with Crippen molar-refractivity contribution in [3.05, 3.63) is 50.6 Å². The molecule has 3 atom stereocenters. The molecule has 8 nitrogen and oxygen atoms in total. The van der Waals surface area contributed by atoms with Crippen LogP contribution in [0.3, 0.4) is 0 Å². The zero-order valence-corrected chi connectivity index (χ0v) is 19.1. The Morgan fingerprint density at radius 2 is 1.97 bits per heavy atom. The first-order valence-electron chi connectivity index (χ1n) is 10.6. The molecule has 3 aromatic rings. The van der Waals surface area contributed by atoms with Crippen molar-refractivity contribution >= 4 is 45.7 Å². The van der Waals surface area contributed by atoms with Crippen molar-refractivity contribution in [3.63, 3.8) is 0 Å². The number of carbonyl (C=O) groups excluding carboxylic acids is 2. The van der Waals surface area contributed by atoms with E-state index in [-0.39, 0.29) is 23.9 Å². The Balaban J connectivity index is 1.27. The van der Waals surface area contributed by atoms with Crippen LogP contribution in [0.15, 0.2) is 24.3 Å². The first-order chi connectivity index (χ1) is 15.4. The molecule has 2 aliphatic rings. The van der Waals surface area contributed by atoms with Crippen LogP contribution in [0.4, 0.5) is 0 Å². The third-order valence-electron chi connectivity index (χ3n) is 6.11. The van der Waals surface area contributed by atoms with Crippen molar-refractivity contribution in [3.8, 4) is 0 Å². The molecular weight excluding hydrogens is 450 g/mol. The summed E-state index contributed by atoms with van der Waals surface area (Å²) in [5.41, 5.74) is 2.22. The number of hydrogen-bond donors (Lipinski definition) is 4. The summed E-state index contributed by atoms with van der Waals surface area (Å²) in [6, 6.07) is 6.36. The monoisotopic (exact) mass is 473 g/mol. The van der Waals surface area contributed by atoms with Crippen LogP contribution in [0.2, 0.25) is 5.02 Å². The largest absolute Gasteiger partial charge is 0.393 e. The SMILES string of the molecule is CN1CCc2nc(C(=O)N[C@@H]3CC(O)C[C@H]3NC(=O)c3cc4cc(Cl)ccc4[nH]3)sc2C1. The maximum Gasteiger partial charge on any atom is 0.280 e. The molecule has 1 aromatic carbocycles. The summed E-state index contributed by atoms with van der Waals surface area (Å²) < 4.78 is 0. The Bertz CT molecular complexity index is 1190. The number of thiazole rings is 1. The normalized spacial score (nSPS) is 23.3. The molecule has 0 spiro atoms. The van der Waals surface area contributed by atoms with E-state index >= 15 is 0 Å². The molecule has 1 fully saturated rings. The van der Waals surface area contributed by atoms with Gasteiger partial charge in [-0.05, 0) is 44.2 Å². The maximum absolute atomic E-state index is 12.9. The number of amides is 2. The Labute approximate surface area is 194 Å². The molecule has 168 valence electrons. The van der Waals surface area contributed by atoms with E-state index in [1.807, 2.05) is 6.07 Å². The summed E-state index contributed by atoms with van der Waals surface area (Å²) in [5, 5.41) is 18.0. The number of halogens is 1. The molecule has 2 aromatic heterocycles. The van der Waals surface area contributed by atoms with Crippen molar-refractivity contribution in [1.82, 2.24) is 25.5 Å². The first-order valence-corrected chi connectivity index (χ1v) is 11.8. The van der Waals surface area contributed by atoms with E-state index in [1.165, 1.54) is 11.3 Å².